The number of rotatable bonds is 5. The van der Waals surface area contributed by atoms with Crippen LogP contribution < -0.4 is 5.32 Å². The number of halogens is 1. The van der Waals surface area contributed by atoms with E-state index in [-0.39, 0.29) is 5.92 Å². The smallest absolute Gasteiger partial charge is 0.326 e. The van der Waals surface area contributed by atoms with E-state index in [1.165, 1.54) is 0 Å². The fraction of sp³-hybridized carbons (Fsp3) is 0.333. The van der Waals surface area contributed by atoms with Crippen LogP contribution in [-0.2, 0) is 4.79 Å². The average molecular weight is 282 g/mol. The molecule has 1 aromatic carbocycles. The number of nitro groups is 1. The normalized spacial score (nSPS) is 15.4. The van der Waals surface area contributed by atoms with Gasteiger partial charge < -0.3 is 10.4 Å². The van der Waals surface area contributed by atoms with Crippen LogP contribution in [-0.4, -0.2) is 27.9 Å². The largest absolute Gasteiger partial charge is 0.480 e. The van der Waals surface area contributed by atoms with E-state index in [1.807, 2.05) is 0 Å². The molecule has 0 aliphatic heterocycles. The van der Waals surface area contributed by atoms with Crippen molar-refractivity contribution in [1.82, 2.24) is 5.32 Å². The van der Waals surface area contributed by atoms with E-state index in [2.05, 4.69) is 5.32 Å². The van der Waals surface area contributed by atoms with Crippen molar-refractivity contribution in [1.29, 1.82) is 0 Å². The molecule has 106 valence electrons. The highest BCUT2D eigenvalue weighted by molar-refractivity contribution is 5.97. The number of aliphatic carboxylic acids is 1. The van der Waals surface area contributed by atoms with Crippen molar-refractivity contribution in [3.63, 3.8) is 0 Å². The van der Waals surface area contributed by atoms with Crippen LogP contribution in [0.25, 0.3) is 0 Å². The quantitative estimate of drug-likeness (QED) is 0.625. The summed E-state index contributed by atoms with van der Waals surface area (Å²) >= 11 is 0. The van der Waals surface area contributed by atoms with Crippen molar-refractivity contribution < 1.29 is 24.0 Å². The maximum Gasteiger partial charge on any atom is 0.326 e. The van der Waals surface area contributed by atoms with Crippen molar-refractivity contribution in [2.75, 3.05) is 0 Å². The Labute approximate surface area is 112 Å². The molecule has 1 aromatic rings. The molecule has 0 radical (unpaired) electrons. The third kappa shape index (κ3) is 2.90. The first-order chi connectivity index (χ1) is 9.40. The third-order valence-electron chi connectivity index (χ3n) is 3.05. The van der Waals surface area contributed by atoms with Crippen LogP contribution in [0.3, 0.4) is 0 Å². The molecule has 2 rings (SSSR count). The molecule has 1 aliphatic carbocycles. The second-order valence-corrected chi connectivity index (χ2v) is 4.55. The molecule has 7 nitrogen and oxygen atoms in total. The fourth-order valence-corrected chi connectivity index (χ4v) is 1.83. The Bertz CT molecular complexity index is 585. The van der Waals surface area contributed by atoms with Crippen LogP contribution >= 0.6 is 0 Å². The number of carboxylic acid groups (broad SMARTS) is 1. The molecule has 20 heavy (non-hydrogen) atoms. The molecule has 0 heterocycles. The highest BCUT2D eigenvalue weighted by Gasteiger charge is 2.37. The zero-order valence-corrected chi connectivity index (χ0v) is 10.2. The van der Waals surface area contributed by atoms with Gasteiger partial charge in [0, 0.05) is 6.07 Å². The van der Waals surface area contributed by atoms with Gasteiger partial charge in [-0.05, 0) is 24.8 Å². The molecule has 1 aliphatic rings. The van der Waals surface area contributed by atoms with Crippen LogP contribution in [0.4, 0.5) is 10.1 Å². The van der Waals surface area contributed by atoms with Gasteiger partial charge in [-0.25, -0.2) is 9.18 Å². The Morgan fingerprint density at radius 3 is 2.55 bits per heavy atom. The second kappa shape index (κ2) is 5.24. The summed E-state index contributed by atoms with van der Waals surface area (Å²) in [7, 11) is 0. The topological polar surface area (TPSA) is 110 Å². The summed E-state index contributed by atoms with van der Waals surface area (Å²) in [6, 6.07) is 1.53. The van der Waals surface area contributed by atoms with Crippen LogP contribution in [0, 0.1) is 21.8 Å². The van der Waals surface area contributed by atoms with E-state index in [4.69, 9.17) is 5.11 Å². The zero-order chi connectivity index (χ0) is 14.9. The molecule has 0 saturated heterocycles. The van der Waals surface area contributed by atoms with Crippen LogP contribution in [0.5, 0.6) is 0 Å². The van der Waals surface area contributed by atoms with E-state index in [0.717, 1.165) is 12.1 Å². The van der Waals surface area contributed by atoms with Crippen LogP contribution in [0.15, 0.2) is 18.2 Å². The standard InChI is InChI=1S/C12H11FN2O5/c13-9-5-7(15(19)20)3-4-8(9)11(16)14-10(12(17)18)6-1-2-6/h3-6,10H,1-2H2,(H,14,16)(H,17,18). The molecule has 1 saturated carbocycles. The number of nitrogens with zero attached hydrogens (tertiary/aromatic N) is 1. The van der Waals surface area contributed by atoms with Gasteiger partial charge in [0.25, 0.3) is 11.6 Å². The molecule has 0 spiro atoms. The minimum Gasteiger partial charge on any atom is -0.480 e. The lowest BCUT2D eigenvalue weighted by Gasteiger charge is -2.13. The Kier molecular flexibility index (Phi) is 3.64. The predicted octanol–water partition coefficient (Wildman–Crippen LogP) is 1.33. The van der Waals surface area contributed by atoms with Gasteiger partial charge in [-0.1, -0.05) is 0 Å². The van der Waals surface area contributed by atoms with Crippen molar-refractivity contribution >= 4 is 17.6 Å². The van der Waals surface area contributed by atoms with Crippen molar-refractivity contribution in [2.45, 2.75) is 18.9 Å². The lowest BCUT2D eigenvalue weighted by Crippen LogP contribution is -2.42. The molecule has 2 N–H and O–H groups in total. The molecular formula is C12H11FN2O5. The van der Waals surface area contributed by atoms with Crippen molar-refractivity contribution in [2.24, 2.45) is 5.92 Å². The number of nitro benzene ring substituents is 1. The Morgan fingerprint density at radius 1 is 1.45 bits per heavy atom. The van der Waals surface area contributed by atoms with Crippen molar-refractivity contribution in [3.8, 4) is 0 Å². The van der Waals surface area contributed by atoms with Crippen molar-refractivity contribution in [3.05, 3.63) is 39.7 Å². The highest BCUT2D eigenvalue weighted by atomic mass is 19.1. The molecular weight excluding hydrogens is 271 g/mol. The summed E-state index contributed by atoms with van der Waals surface area (Å²) in [6.45, 7) is 0. The van der Waals surface area contributed by atoms with E-state index in [1.54, 1.807) is 0 Å². The van der Waals surface area contributed by atoms with Gasteiger partial charge in [-0.15, -0.1) is 0 Å². The molecule has 1 unspecified atom stereocenters. The van der Waals surface area contributed by atoms with Gasteiger partial charge in [0.05, 0.1) is 16.6 Å². The summed E-state index contributed by atoms with van der Waals surface area (Å²) in [5.41, 5.74) is -0.890. The first-order valence-electron chi connectivity index (χ1n) is 5.87. The minimum absolute atomic E-state index is 0.141. The maximum absolute atomic E-state index is 13.6. The first kappa shape index (κ1) is 13.9. The number of carbonyl (C=O) groups excluding carboxylic acids is 1. The first-order valence-corrected chi connectivity index (χ1v) is 5.87. The number of non-ortho nitro benzene ring substituents is 1. The Balaban J connectivity index is 2.16. The molecule has 0 bridgehead atoms. The summed E-state index contributed by atoms with van der Waals surface area (Å²) in [5.74, 6) is -3.27. The van der Waals surface area contributed by atoms with Gasteiger partial charge >= 0.3 is 5.97 Å². The summed E-state index contributed by atoms with van der Waals surface area (Å²) < 4.78 is 13.6. The number of amides is 1. The summed E-state index contributed by atoms with van der Waals surface area (Å²) in [5, 5.41) is 21.7. The van der Waals surface area contributed by atoms with Crippen LogP contribution in [0.2, 0.25) is 0 Å². The monoisotopic (exact) mass is 282 g/mol. The van der Waals surface area contributed by atoms with E-state index in [9.17, 15) is 24.1 Å². The van der Waals surface area contributed by atoms with Gasteiger partial charge in [0.2, 0.25) is 0 Å². The summed E-state index contributed by atoms with van der Waals surface area (Å²) in [6.07, 6.45) is 1.39. The average Bonchev–Trinajstić information content (AvgIpc) is 3.19. The number of hydrogen-bond acceptors (Lipinski definition) is 4. The van der Waals surface area contributed by atoms with E-state index >= 15 is 0 Å². The number of nitrogens with one attached hydrogen (secondary N) is 1. The Morgan fingerprint density at radius 2 is 2.10 bits per heavy atom. The van der Waals surface area contributed by atoms with Gasteiger partial charge in [-0.2, -0.15) is 0 Å². The third-order valence-corrected chi connectivity index (χ3v) is 3.05. The number of hydrogen-bond donors (Lipinski definition) is 2. The number of carbonyl (C=O) groups is 2. The lowest BCUT2D eigenvalue weighted by atomic mass is 10.1. The summed E-state index contributed by atoms with van der Waals surface area (Å²) in [4.78, 5) is 32.5. The molecule has 0 aromatic heterocycles. The number of benzene rings is 1. The SMILES string of the molecule is O=C(NC(C(=O)O)C1CC1)c1ccc([N+](=O)[O-])cc1F. The van der Waals surface area contributed by atoms with Crippen LogP contribution in [0.1, 0.15) is 23.2 Å². The van der Waals surface area contributed by atoms with Gasteiger partial charge in [0.15, 0.2) is 0 Å². The molecule has 1 atom stereocenters. The fourth-order valence-electron chi connectivity index (χ4n) is 1.83. The molecule has 1 fully saturated rings. The second-order valence-electron chi connectivity index (χ2n) is 4.55. The molecule has 1 amide bonds. The maximum atomic E-state index is 13.6. The highest BCUT2D eigenvalue weighted by Crippen LogP contribution is 2.33. The lowest BCUT2D eigenvalue weighted by molar-refractivity contribution is -0.385. The zero-order valence-electron chi connectivity index (χ0n) is 10.2. The van der Waals surface area contributed by atoms with E-state index < -0.39 is 39.9 Å². The Hall–Kier alpha value is -2.51. The minimum atomic E-state index is -1.18. The van der Waals surface area contributed by atoms with E-state index in [0.29, 0.717) is 18.9 Å². The predicted molar refractivity (Wildman–Crippen MR) is 64.7 cm³/mol. The van der Waals surface area contributed by atoms with Gasteiger partial charge in [-0.3, -0.25) is 14.9 Å². The van der Waals surface area contributed by atoms with Gasteiger partial charge in [0.1, 0.15) is 11.9 Å². The molecule has 8 heteroatoms. The number of carboxylic acids is 1.